The van der Waals surface area contributed by atoms with Crippen molar-refractivity contribution in [3.05, 3.63) is 35.4 Å². The van der Waals surface area contributed by atoms with Gasteiger partial charge in [0, 0.05) is 12.8 Å². The molecular weight excluding hydrogens is 241 g/mol. The third-order valence-corrected chi connectivity index (χ3v) is 2.88. The largest absolute Gasteiger partial charge is 0.390 e. The molecule has 0 amide bonds. The first-order chi connectivity index (χ1) is 8.18. The first-order valence-corrected chi connectivity index (χ1v) is 6.03. The zero-order valence-electron chi connectivity index (χ0n) is 10.7. The molecule has 1 nitrogen and oxygen atoms in total. The predicted octanol–water partition coefficient (Wildman–Crippen LogP) is 4.02. The van der Waals surface area contributed by atoms with E-state index in [1.54, 1.807) is 6.92 Å². The van der Waals surface area contributed by atoms with Gasteiger partial charge in [-0.15, -0.1) is 0 Å². The fourth-order valence-electron chi connectivity index (χ4n) is 1.90. The number of alkyl halides is 3. The molecule has 0 radical (unpaired) electrons. The Balaban J connectivity index is 2.46. The summed E-state index contributed by atoms with van der Waals surface area (Å²) < 4.78 is 36.1. The molecule has 0 fully saturated rings. The van der Waals surface area contributed by atoms with Crippen LogP contribution in [0.2, 0.25) is 0 Å². The molecule has 0 aliphatic heterocycles. The number of aryl methyl sites for hydroxylation is 1. The van der Waals surface area contributed by atoms with E-state index in [2.05, 4.69) is 0 Å². The van der Waals surface area contributed by atoms with Crippen molar-refractivity contribution in [1.29, 1.82) is 0 Å². The first kappa shape index (κ1) is 15.0. The summed E-state index contributed by atoms with van der Waals surface area (Å²) in [7, 11) is 0. The van der Waals surface area contributed by atoms with Gasteiger partial charge in [0.05, 0.1) is 5.60 Å². The summed E-state index contributed by atoms with van der Waals surface area (Å²) in [5, 5.41) is 10.1. The van der Waals surface area contributed by atoms with Gasteiger partial charge in [-0.05, 0) is 32.3 Å². The normalized spacial score (nSPS) is 15.4. The number of benzene rings is 1. The molecule has 0 aliphatic carbocycles. The Bertz CT molecular complexity index is 366. The van der Waals surface area contributed by atoms with Crippen LogP contribution in [-0.2, 0) is 6.42 Å². The van der Waals surface area contributed by atoms with Crippen LogP contribution < -0.4 is 0 Å². The zero-order valence-corrected chi connectivity index (χ0v) is 10.7. The Morgan fingerprint density at radius 1 is 1.06 bits per heavy atom. The molecule has 1 N–H and O–H groups in total. The first-order valence-electron chi connectivity index (χ1n) is 6.03. The third kappa shape index (κ3) is 6.05. The van der Waals surface area contributed by atoms with E-state index in [-0.39, 0.29) is 12.8 Å². The quantitative estimate of drug-likeness (QED) is 0.847. The second-order valence-corrected chi connectivity index (χ2v) is 5.13. The molecule has 1 unspecified atom stereocenters. The Morgan fingerprint density at radius 3 is 2.11 bits per heavy atom. The number of aliphatic hydroxyl groups is 1. The van der Waals surface area contributed by atoms with Gasteiger partial charge >= 0.3 is 6.18 Å². The van der Waals surface area contributed by atoms with Gasteiger partial charge in [0.1, 0.15) is 0 Å². The summed E-state index contributed by atoms with van der Waals surface area (Å²) in [6.45, 7) is 3.55. The molecule has 1 rings (SSSR count). The highest BCUT2D eigenvalue weighted by atomic mass is 19.4. The van der Waals surface area contributed by atoms with Gasteiger partial charge in [0.25, 0.3) is 0 Å². The predicted molar refractivity (Wildman–Crippen MR) is 65.4 cm³/mol. The molecule has 0 heterocycles. The second kappa shape index (κ2) is 5.74. The van der Waals surface area contributed by atoms with Crippen molar-refractivity contribution >= 4 is 0 Å². The van der Waals surface area contributed by atoms with E-state index in [4.69, 9.17) is 0 Å². The van der Waals surface area contributed by atoms with Crippen molar-refractivity contribution in [2.24, 2.45) is 0 Å². The van der Waals surface area contributed by atoms with E-state index in [0.717, 1.165) is 11.1 Å². The summed E-state index contributed by atoms with van der Waals surface area (Å²) in [4.78, 5) is 0. The molecule has 0 aromatic heterocycles. The van der Waals surface area contributed by atoms with Crippen LogP contribution >= 0.6 is 0 Å². The van der Waals surface area contributed by atoms with E-state index in [1.165, 1.54) is 0 Å². The zero-order chi connectivity index (χ0) is 13.8. The highest BCUT2D eigenvalue weighted by Gasteiger charge is 2.29. The van der Waals surface area contributed by atoms with Gasteiger partial charge in [-0.2, -0.15) is 13.2 Å². The molecule has 0 spiro atoms. The van der Waals surface area contributed by atoms with Gasteiger partial charge in [0.2, 0.25) is 0 Å². The summed E-state index contributed by atoms with van der Waals surface area (Å²) in [5.74, 6) is 0. The molecule has 0 bridgehead atoms. The molecule has 4 heteroatoms. The van der Waals surface area contributed by atoms with E-state index in [9.17, 15) is 18.3 Å². The average Bonchev–Trinajstić information content (AvgIpc) is 2.18. The molecule has 102 valence electrons. The summed E-state index contributed by atoms with van der Waals surface area (Å²) in [6.07, 6.45) is -4.48. The van der Waals surface area contributed by atoms with E-state index in [1.807, 2.05) is 31.2 Å². The average molecular weight is 260 g/mol. The van der Waals surface area contributed by atoms with Crippen LogP contribution in [0.25, 0.3) is 0 Å². The standard InChI is InChI=1S/C14H19F3O/c1-11-4-6-12(7-5-11)10-13(2,18)8-3-9-14(15,16)17/h4-7,18H,3,8-10H2,1-2H3. The topological polar surface area (TPSA) is 20.2 Å². The van der Waals surface area contributed by atoms with Crippen LogP contribution in [-0.4, -0.2) is 16.9 Å². The van der Waals surface area contributed by atoms with Crippen LogP contribution in [0.1, 0.15) is 37.3 Å². The second-order valence-electron chi connectivity index (χ2n) is 5.13. The Kier molecular flexibility index (Phi) is 4.79. The number of rotatable bonds is 5. The molecular formula is C14H19F3O. The number of hydrogen-bond donors (Lipinski definition) is 1. The highest BCUT2D eigenvalue weighted by molar-refractivity contribution is 5.22. The third-order valence-electron chi connectivity index (χ3n) is 2.88. The maximum absolute atomic E-state index is 12.0. The van der Waals surface area contributed by atoms with Crippen molar-refractivity contribution in [3.8, 4) is 0 Å². The molecule has 18 heavy (non-hydrogen) atoms. The lowest BCUT2D eigenvalue weighted by molar-refractivity contribution is -0.137. The smallest absolute Gasteiger partial charge is 0.389 e. The summed E-state index contributed by atoms with van der Waals surface area (Å²) >= 11 is 0. The van der Waals surface area contributed by atoms with E-state index >= 15 is 0 Å². The van der Waals surface area contributed by atoms with Crippen LogP contribution in [0.4, 0.5) is 13.2 Å². The molecule has 0 saturated heterocycles. The minimum atomic E-state index is -4.14. The highest BCUT2D eigenvalue weighted by Crippen LogP contribution is 2.26. The molecule has 1 aromatic carbocycles. The SMILES string of the molecule is Cc1ccc(CC(C)(O)CCCC(F)(F)F)cc1. The minimum absolute atomic E-state index is 0.0393. The maximum Gasteiger partial charge on any atom is 0.389 e. The lowest BCUT2D eigenvalue weighted by Crippen LogP contribution is -2.27. The summed E-state index contributed by atoms with van der Waals surface area (Å²) in [5.41, 5.74) is 0.980. The lowest BCUT2D eigenvalue weighted by Gasteiger charge is -2.23. The molecule has 0 aliphatic rings. The monoisotopic (exact) mass is 260 g/mol. The fourth-order valence-corrected chi connectivity index (χ4v) is 1.90. The summed E-state index contributed by atoms with van der Waals surface area (Å²) in [6, 6.07) is 7.66. The molecule has 1 aromatic rings. The number of halogens is 3. The van der Waals surface area contributed by atoms with Gasteiger partial charge in [-0.3, -0.25) is 0 Å². The van der Waals surface area contributed by atoms with Gasteiger partial charge in [-0.25, -0.2) is 0 Å². The van der Waals surface area contributed by atoms with Crippen molar-refractivity contribution in [3.63, 3.8) is 0 Å². The Labute approximate surface area is 106 Å². The molecule has 0 saturated carbocycles. The van der Waals surface area contributed by atoms with Gasteiger partial charge < -0.3 is 5.11 Å². The van der Waals surface area contributed by atoms with Crippen molar-refractivity contribution in [2.75, 3.05) is 0 Å². The minimum Gasteiger partial charge on any atom is -0.390 e. The van der Waals surface area contributed by atoms with Crippen molar-refractivity contribution in [2.45, 2.75) is 51.3 Å². The van der Waals surface area contributed by atoms with Crippen LogP contribution in [0.15, 0.2) is 24.3 Å². The van der Waals surface area contributed by atoms with Gasteiger partial charge in [0.15, 0.2) is 0 Å². The maximum atomic E-state index is 12.0. The Morgan fingerprint density at radius 2 is 1.61 bits per heavy atom. The molecule has 1 atom stereocenters. The fraction of sp³-hybridized carbons (Fsp3) is 0.571. The van der Waals surface area contributed by atoms with Gasteiger partial charge in [-0.1, -0.05) is 29.8 Å². The van der Waals surface area contributed by atoms with E-state index in [0.29, 0.717) is 6.42 Å². The number of hydrogen-bond acceptors (Lipinski definition) is 1. The Hall–Kier alpha value is -1.03. The van der Waals surface area contributed by atoms with E-state index < -0.39 is 18.2 Å². The van der Waals surface area contributed by atoms with Crippen molar-refractivity contribution < 1.29 is 18.3 Å². The lowest BCUT2D eigenvalue weighted by atomic mass is 9.91. The van der Waals surface area contributed by atoms with Crippen LogP contribution in [0.5, 0.6) is 0 Å². The van der Waals surface area contributed by atoms with Crippen LogP contribution in [0, 0.1) is 6.92 Å². The van der Waals surface area contributed by atoms with Crippen molar-refractivity contribution in [1.82, 2.24) is 0 Å². The van der Waals surface area contributed by atoms with Crippen LogP contribution in [0.3, 0.4) is 0 Å².